The average molecular weight is 466 g/mol. The first-order chi connectivity index (χ1) is 14.2. The Morgan fingerprint density at radius 1 is 1.06 bits per heavy atom. The largest absolute Gasteiger partial charge is 0.326 e. The number of amides is 2. The van der Waals surface area contributed by atoms with Crippen LogP contribution in [0.1, 0.15) is 26.3 Å². The van der Waals surface area contributed by atoms with E-state index in [2.05, 4.69) is 10.0 Å². The van der Waals surface area contributed by atoms with Crippen LogP contribution in [-0.4, -0.2) is 34.4 Å². The molecule has 1 fully saturated rings. The van der Waals surface area contributed by atoms with Crippen molar-refractivity contribution in [2.24, 2.45) is 5.41 Å². The van der Waals surface area contributed by atoms with Crippen LogP contribution in [0, 0.1) is 12.3 Å². The topological polar surface area (TPSA) is 130 Å². The van der Waals surface area contributed by atoms with Gasteiger partial charge in [-0.1, -0.05) is 0 Å². The molecule has 0 spiro atoms. The summed E-state index contributed by atoms with van der Waals surface area (Å²) in [7, 11) is -7.81. The highest BCUT2D eigenvalue weighted by atomic mass is 32.2. The van der Waals surface area contributed by atoms with Crippen LogP contribution < -0.4 is 14.3 Å². The number of carbonyl (C=O) groups is 2. The smallest absolute Gasteiger partial charge is 0.262 e. The molecule has 2 aromatic carbocycles. The van der Waals surface area contributed by atoms with E-state index in [0.29, 0.717) is 5.69 Å². The van der Waals surface area contributed by atoms with Crippen molar-refractivity contribution in [1.82, 2.24) is 0 Å². The molecule has 9 nitrogen and oxygen atoms in total. The second kappa shape index (κ2) is 7.65. The van der Waals surface area contributed by atoms with Gasteiger partial charge in [0.15, 0.2) is 0 Å². The standard InChI is InChI=1S/C20H23N3O6S2/c1-13-11-17(23-19(25)20(3,4)12-30(23,26)27)9-10-18(13)31(28,29)22-16-7-5-15(6-8-16)21-14(2)24/h5-11,22H,12H2,1-4H3,(H,21,24). The van der Waals surface area contributed by atoms with Crippen LogP contribution in [0.15, 0.2) is 47.4 Å². The maximum Gasteiger partial charge on any atom is 0.262 e. The van der Waals surface area contributed by atoms with Crippen LogP contribution in [0.25, 0.3) is 0 Å². The Kier molecular flexibility index (Phi) is 5.61. The molecule has 1 heterocycles. The van der Waals surface area contributed by atoms with E-state index < -0.39 is 31.4 Å². The summed E-state index contributed by atoms with van der Waals surface area (Å²) < 4.78 is 53.8. The van der Waals surface area contributed by atoms with Crippen molar-refractivity contribution >= 4 is 48.9 Å². The van der Waals surface area contributed by atoms with E-state index in [1.807, 2.05) is 0 Å². The summed E-state index contributed by atoms with van der Waals surface area (Å²) in [5, 5.41) is 2.59. The molecule has 0 saturated carbocycles. The molecule has 0 bridgehead atoms. The molecule has 3 rings (SSSR count). The normalized spacial score (nSPS) is 17.4. The molecule has 31 heavy (non-hydrogen) atoms. The molecule has 2 N–H and O–H groups in total. The second-order valence-corrected chi connectivity index (χ2v) is 11.5. The predicted molar refractivity (Wildman–Crippen MR) is 118 cm³/mol. The predicted octanol–water partition coefficient (Wildman–Crippen LogP) is 2.46. The lowest BCUT2D eigenvalue weighted by molar-refractivity contribution is -0.123. The van der Waals surface area contributed by atoms with Crippen molar-refractivity contribution in [2.75, 3.05) is 20.1 Å². The van der Waals surface area contributed by atoms with E-state index in [-0.39, 0.29) is 33.5 Å². The molecule has 1 aliphatic rings. The van der Waals surface area contributed by atoms with Crippen LogP contribution in [-0.2, 0) is 29.6 Å². The Morgan fingerprint density at radius 3 is 2.13 bits per heavy atom. The van der Waals surface area contributed by atoms with Crippen LogP contribution in [0.3, 0.4) is 0 Å². The number of rotatable bonds is 5. The first-order valence-electron chi connectivity index (χ1n) is 9.31. The number of hydrogen-bond donors (Lipinski definition) is 2. The number of nitrogens with zero attached hydrogens (tertiary/aromatic N) is 1. The molecule has 166 valence electrons. The summed E-state index contributed by atoms with van der Waals surface area (Å²) in [6.07, 6.45) is 0. The van der Waals surface area contributed by atoms with Gasteiger partial charge in [0.1, 0.15) is 0 Å². The number of benzene rings is 2. The fourth-order valence-electron chi connectivity index (χ4n) is 3.36. The van der Waals surface area contributed by atoms with Crippen LogP contribution in [0.5, 0.6) is 0 Å². The summed E-state index contributed by atoms with van der Waals surface area (Å²) in [6, 6.07) is 10.1. The zero-order valence-electron chi connectivity index (χ0n) is 17.5. The van der Waals surface area contributed by atoms with Gasteiger partial charge < -0.3 is 5.32 Å². The monoisotopic (exact) mass is 465 g/mol. The molecule has 2 amide bonds. The number of hydrogen-bond acceptors (Lipinski definition) is 6. The van der Waals surface area contributed by atoms with Crippen LogP contribution in [0.2, 0.25) is 0 Å². The van der Waals surface area contributed by atoms with Gasteiger partial charge in [-0.3, -0.25) is 14.3 Å². The van der Waals surface area contributed by atoms with Crippen molar-refractivity contribution < 1.29 is 26.4 Å². The zero-order chi connectivity index (χ0) is 23.2. The molecule has 0 radical (unpaired) electrons. The molecule has 2 aromatic rings. The molecular weight excluding hydrogens is 442 g/mol. The number of anilines is 3. The Bertz CT molecular complexity index is 1270. The number of aryl methyl sites for hydroxylation is 1. The van der Waals surface area contributed by atoms with Crippen molar-refractivity contribution in [3.05, 3.63) is 48.0 Å². The van der Waals surface area contributed by atoms with Gasteiger partial charge in [-0.25, -0.2) is 21.1 Å². The lowest BCUT2D eigenvalue weighted by Gasteiger charge is -2.19. The number of sulfonamides is 2. The van der Waals surface area contributed by atoms with E-state index in [1.165, 1.54) is 44.2 Å². The fraction of sp³-hybridized carbons (Fsp3) is 0.300. The summed E-state index contributed by atoms with van der Waals surface area (Å²) in [5.74, 6) is -1.11. The molecule has 1 aliphatic heterocycles. The van der Waals surface area contributed by atoms with Gasteiger partial charge in [0.25, 0.3) is 10.0 Å². The molecule has 0 aromatic heterocycles. The van der Waals surface area contributed by atoms with Gasteiger partial charge in [0.2, 0.25) is 21.8 Å². The third-order valence-electron chi connectivity index (χ3n) is 4.72. The summed E-state index contributed by atoms with van der Waals surface area (Å²) in [5.41, 5.74) is 0.147. The van der Waals surface area contributed by atoms with Gasteiger partial charge in [0.05, 0.1) is 21.8 Å². The van der Waals surface area contributed by atoms with Gasteiger partial charge in [-0.2, -0.15) is 0 Å². The van der Waals surface area contributed by atoms with Crippen molar-refractivity contribution in [3.8, 4) is 0 Å². The quantitative estimate of drug-likeness (QED) is 0.698. The third-order valence-corrected chi connectivity index (χ3v) is 8.29. The molecule has 0 unspecified atom stereocenters. The molecule has 11 heteroatoms. The molecule has 0 atom stereocenters. The lowest BCUT2D eigenvalue weighted by atomic mass is 9.95. The van der Waals surface area contributed by atoms with Gasteiger partial charge in [-0.05, 0) is 68.8 Å². The molecule has 0 aliphatic carbocycles. The minimum Gasteiger partial charge on any atom is -0.326 e. The SMILES string of the molecule is CC(=O)Nc1ccc(NS(=O)(=O)c2ccc(N3C(=O)C(C)(C)CS3(=O)=O)cc2C)cc1. The minimum absolute atomic E-state index is 0.0505. The first-order valence-corrected chi connectivity index (χ1v) is 12.4. The number of carbonyl (C=O) groups excluding carboxylic acids is 2. The van der Waals surface area contributed by atoms with Crippen molar-refractivity contribution in [3.63, 3.8) is 0 Å². The van der Waals surface area contributed by atoms with E-state index in [9.17, 15) is 26.4 Å². The van der Waals surface area contributed by atoms with E-state index in [0.717, 1.165) is 4.31 Å². The Balaban J connectivity index is 1.88. The van der Waals surface area contributed by atoms with E-state index in [4.69, 9.17) is 0 Å². The molecule has 1 saturated heterocycles. The van der Waals surface area contributed by atoms with Crippen molar-refractivity contribution in [1.29, 1.82) is 0 Å². The Hall–Kier alpha value is -2.92. The van der Waals surface area contributed by atoms with E-state index >= 15 is 0 Å². The van der Waals surface area contributed by atoms with Gasteiger partial charge in [-0.15, -0.1) is 0 Å². The average Bonchev–Trinajstić information content (AvgIpc) is 2.78. The van der Waals surface area contributed by atoms with Crippen LogP contribution in [0.4, 0.5) is 17.1 Å². The number of nitrogens with one attached hydrogen (secondary N) is 2. The minimum atomic E-state index is -3.98. The third kappa shape index (κ3) is 4.57. The lowest BCUT2D eigenvalue weighted by Crippen LogP contribution is -2.33. The summed E-state index contributed by atoms with van der Waals surface area (Å²) in [4.78, 5) is 23.6. The highest BCUT2D eigenvalue weighted by Gasteiger charge is 2.50. The maximum absolute atomic E-state index is 12.8. The zero-order valence-corrected chi connectivity index (χ0v) is 19.1. The van der Waals surface area contributed by atoms with Crippen molar-refractivity contribution in [2.45, 2.75) is 32.6 Å². The van der Waals surface area contributed by atoms with Gasteiger partial charge in [0, 0.05) is 18.3 Å². The highest BCUT2D eigenvalue weighted by molar-refractivity contribution is 7.94. The Morgan fingerprint density at radius 2 is 1.65 bits per heavy atom. The Labute approximate surface area is 181 Å². The first kappa shape index (κ1) is 22.8. The summed E-state index contributed by atoms with van der Waals surface area (Å²) >= 11 is 0. The fourth-order valence-corrected chi connectivity index (χ4v) is 6.74. The second-order valence-electron chi connectivity index (χ2n) is 8.02. The van der Waals surface area contributed by atoms with Gasteiger partial charge >= 0.3 is 0 Å². The highest BCUT2D eigenvalue weighted by Crippen LogP contribution is 2.36. The molecular formula is C20H23N3O6S2. The summed E-state index contributed by atoms with van der Waals surface area (Å²) in [6.45, 7) is 6.00. The maximum atomic E-state index is 12.8. The van der Waals surface area contributed by atoms with Crippen LogP contribution >= 0.6 is 0 Å². The van der Waals surface area contributed by atoms with E-state index in [1.54, 1.807) is 26.0 Å².